The molecular weight excluding hydrogens is 186 g/mol. The number of hydrogen-bond donors (Lipinski definition) is 0. The van der Waals surface area contributed by atoms with Gasteiger partial charge in [-0.25, -0.2) is 0 Å². The zero-order valence-corrected chi connectivity index (χ0v) is 10.8. The highest BCUT2D eigenvalue weighted by Crippen LogP contribution is 2.43. The molecule has 0 spiro atoms. The summed E-state index contributed by atoms with van der Waals surface area (Å²) in [4.78, 5) is 13.8. The van der Waals surface area contributed by atoms with Crippen LogP contribution in [0, 0.1) is 11.3 Å². The first-order valence-corrected chi connectivity index (χ1v) is 5.57. The van der Waals surface area contributed by atoms with Gasteiger partial charge in [0.2, 0.25) is 5.91 Å². The van der Waals surface area contributed by atoms with Crippen molar-refractivity contribution in [3.8, 4) is 0 Å². The Morgan fingerprint density at radius 2 is 1.67 bits per heavy atom. The van der Waals surface area contributed by atoms with Crippen molar-refractivity contribution in [2.45, 2.75) is 53.5 Å². The summed E-state index contributed by atoms with van der Waals surface area (Å²) < 4.78 is 0. The first-order chi connectivity index (χ1) is 6.55. The van der Waals surface area contributed by atoms with Crippen molar-refractivity contribution in [2.75, 3.05) is 0 Å². The predicted molar refractivity (Wildman–Crippen MR) is 63.3 cm³/mol. The van der Waals surface area contributed by atoms with Gasteiger partial charge in [-0.2, -0.15) is 0 Å². The quantitative estimate of drug-likeness (QED) is 0.600. The van der Waals surface area contributed by atoms with Gasteiger partial charge in [-0.1, -0.05) is 27.4 Å². The normalized spacial score (nSPS) is 23.9. The number of amides is 1. The van der Waals surface area contributed by atoms with Crippen LogP contribution in [0.3, 0.4) is 0 Å². The minimum absolute atomic E-state index is 0.118. The molecule has 1 aliphatic rings. The van der Waals surface area contributed by atoms with Crippen molar-refractivity contribution in [2.24, 2.45) is 11.3 Å². The zero-order valence-electron chi connectivity index (χ0n) is 10.8. The summed E-state index contributed by atoms with van der Waals surface area (Å²) >= 11 is 0. The molecule has 0 aliphatic carbocycles. The van der Waals surface area contributed by atoms with Crippen LogP contribution in [0.2, 0.25) is 0 Å². The number of carbonyl (C=O) groups excluding carboxylic acids is 1. The standard InChI is InChI=1S/C13H23NO/c1-9-10(12(2,3)4)8-11(15)14(9)13(5,6)7/h10H,1,8H2,2-7H3. The molecule has 15 heavy (non-hydrogen) atoms. The summed E-state index contributed by atoms with van der Waals surface area (Å²) in [5, 5.41) is 0. The second-order valence-electron chi connectivity index (χ2n) is 6.51. The molecule has 0 saturated carbocycles. The first-order valence-electron chi connectivity index (χ1n) is 5.57. The minimum atomic E-state index is -0.145. The number of hydrogen-bond acceptors (Lipinski definition) is 1. The third-order valence-corrected chi connectivity index (χ3v) is 3.03. The third-order valence-electron chi connectivity index (χ3n) is 3.03. The van der Waals surface area contributed by atoms with E-state index in [1.807, 2.05) is 4.90 Å². The first kappa shape index (κ1) is 12.3. The predicted octanol–water partition coefficient (Wildman–Crippen LogP) is 3.19. The third kappa shape index (κ3) is 2.24. The van der Waals surface area contributed by atoms with Gasteiger partial charge in [-0.15, -0.1) is 0 Å². The summed E-state index contributed by atoms with van der Waals surface area (Å²) in [6.45, 7) is 16.8. The molecule has 0 bridgehead atoms. The van der Waals surface area contributed by atoms with Crippen LogP contribution in [0.25, 0.3) is 0 Å². The van der Waals surface area contributed by atoms with Crippen molar-refractivity contribution >= 4 is 5.91 Å². The van der Waals surface area contributed by atoms with Crippen LogP contribution in [0.5, 0.6) is 0 Å². The Morgan fingerprint density at radius 3 is 1.87 bits per heavy atom. The van der Waals surface area contributed by atoms with E-state index < -0.39 is 0 Å². The fourth-order valence-electron chi connectivity index (χ4n) is 2.31. The molecule has 1 fully saturated rings. The van der Waals surface area contributed by atoms with E-state index in [0.29, 0.717) is 6.42 Å². The number of likely N-dealkylation sites (tertiary alicyclic amines) is 1. The Kier molecular flexibility index (Phi) is 2.75. The van der Waals surface area contributed by atoms with E-state index >= 15 is 0 Å². The maximum absolute atomic E-state index is 12.0. The van der Waals surface area contributed by atoms with Gasteiger partial charge < -0.3 is 4.90 Å². The van der Waals surface area contributed by atoms with Gasteiger partial charge in [0.1, 0.15) is 0 Å². The maximum atomic E-state index is 12.0. The number of nitrogens with zero attached hydrogens (tertiary/aromatic N) is 1. The van der Waals surface area contributed by atoms with E-state index in [2.05, 4.69) is 48.1 Å². The number of allylic oxidation sites excluding steroid dienone is 1. The molecule has 0 aromatic heterocycles. The Morgan fingerprint density at radius 1 is 1.20 bits per heavy atom. The molecule has 86 valence electrons. The molecule has 1 heterocycles. The maximum Gasteiger partial charge on any atom is 0.227 e. The van der Waals surface area contributed by atoms with Crippen molar-refractivity contribution in [1.29, 1.82) is 0 Å². The molecule has 1 saturated heterocycles. The van der Waals surface area contributed by atoms with E-state index in [0.717, 1.165) is 5.70 Å². The lowest BCUT2D eigenvalue weighted by molar-refractivity contribution is -0.130. The molecule has 2 heteroatoms. The number of carbonyl (C=O) groups is 1. The van der Waals surface area contributed by atoms with Crippen LogP contribution in [-0.4, -0.2) is 16.3 Å². The van der Waals surface area contributed by atoms with Crippen LogP contribution >= 0.6 is 0 Å². The average molecular weight is 209 g/mol. The largest absolute Gasteiger partial charge is 0.311 e. The molecule has 1 unspecified atom stereocenters. The van der Waals surface area contributed by atoms with Gasteiger partial charge in [0.15, 0.2) is 0 Å². The van der Waals surface area contributed by atoms with Gasteiger partial charge >= 0.3 is 0 Å². The Labute approximate surface area is 93.3 Å². The van der Waals surface area contributed by atoms with Gasteiger partial charge in [0, 0.05) is 23.6 Å². The summed E-state index contributed by atoms with van der Waals surface area (Å²) in [7, 11) is 0. The van der Waals surface area contributed by atoms with Crippen LogP contribution in [0.1, 0.15) is 48.0 Å². The second kappa shape index (κ2) is 3.36. The van der Waals surface area contributed by atoms with Gasteiger partial charge in [0.05, 0.1) is 0 Å². The lowest BCUT2D eigenvalue weighted by Crippen LogP contribution is -2.41. The fourth-order valence-corrected chi connectivity index (χ4v) is 2.31. The molecule has 1 rings (SSSR count). The van der Waals surface area contributed by atoms with Crippen molar-refractivity contribution in [3.05, 3.63) is 12.3 Å². The molecule has 1 aliphatic heterocycles. The Balaban J connectivity index is 3.00. The molecule has 1 amide bonds. The Hall–Kier alpha value is -0.790. The van der Waals surface area contributed by atoms with Gasteiger partial charge in [-0.3, -0.25) is 4.79 Å². The molecule has 0 aromatic carbocycles. The monoisotopic (exact) mass is 209 g/mol. The summed E-state index contributed by atoms with van der Waals surface area (Å²) in [6, 6.07) is 0. The number of rotatable bonds is 0. The van der Waals surface area contributed by atoms with Gasteiger partial charge in [0.25, 0.3) is 0 Å². The van der Waals surface area contributed by atoms with Crippen LogP contribution < -0.4 is 0 Å². The SMILES string of the molecule is C=C1C(C(C)(C)C)CC(=O)N1C(C)(C)C. The zero-order chi connectivity index (χ0) is 12.0. The van der Waals surface area contributed by atoms with Crippen molar-refractivity contribution in [1.82, 2.24) is 4.90 Å². The Bertz CT molecular complexity index is 291. The fraction of sp³-hybridized carbons (Fsp3) is 0.769. The summed E-state index contributed by atoms with van der Waals surface area (Å²) in [6.07, 6.45) is 0.611. The molecule has 1 atom stereocenters. The minimum Gasteiger partial charge on any atom is -0.311 e. The molecular formula is C13H23NO. The molecule has 0 radical (unpaired) electrons. The average Bonchev–Trinajstić information content (AvgIpc) is 2.22. The lowest BCUT2D eigenvalue weighted by Gasteiger charge is -2.35. The summed E-state index contributed by atoms with van der Waals surface area (Å²) in [5.41, 5.74) is 0.959. The highest BCUT2D eigenvalue weighted by molar-refractivity contribution is 5.82. The second-order valence-corrected chi connectivity index (χ2v) is 6.51. The van der Waals surface area contributed by atoms with Gasteiger partial charge in [-0.05, 0) is 26.2 Å². The van der Waals surface area contributed by atoms with Crippen molar-refractivity contribution in [3.63, 3.8) is 0 Å². The molecule has 2 nitrogen and oxygen atoms in total. The van der Waals surface area contributed by atoms with Crippen LogP contribution in [-0.2, 0) is 4.79 Å². The molecule has 0 aromatic rings. The van der Waals surface area contributed by atoms with E-state index in [1.54, 1.807) is 0 Å². The van der Waals surface area contributed by atoms with Crippen LogP contribution in [0.15, 0.2) is 12.3 Å². The highest BCUT2D eigenvalue weighted by atomic mass is 16.2. The van der Waals surface area contributed by atoms with E-state index in [1.165, 1.54) is 0 Å². The van der Waals surface area contributed by atoms with E-state index in [-0.39, 0.29) is 22.8 Å². The van der Waals surface area contributed by atoms with Crippen LogP contribution in [0.4, 0.5) is 0 Å². The highest BCUT2D eigenvalue weighted by Gasteiger charge is 2.44. The van der Waals surface area contributed by atoms with E-state index in [4.69, 9.17) is 0 Å². The van der Waals surface area contributed by atoms with Crippen molar-refractivity contribution < 1.29 is 4.79 Å². The van der Waals surface area contributed by atoms with E-state index in [9.17, 15) is 4.79 Å². The molecule has 0 N–H and O–H groups in total. The lowest BCUT2D eigenvalue weighted by atomic mass is 9.78. The topological polar surface area (TPSA) is 20.3 Å². The summed E-state index contributed by atoms with van der Waals surface area (Å²) in [5.74, 6) is 0.497. The smallest absolute Gasteiger partial charge is 0.227 e.